The molecule has 1 unspecified atom stereocenters. The number of rotatable bonds is 3. The molecule has 10 heteroatoms. The van der Waals surface area contributed by atoms with E-state index in [4.69, 9.17) is 15.7 Å². The van der Waals surface area contributed by atoms with Crippen molar-refractivity contribution in [3.05, 3.63) is 36.2 Å². The number of H-pyrrole nitrogens is 1. The number of nitrogens with two attached hydrogens (primary N) is 1. The van der Waals surface area contributed by atoms with E-state index in [0.29, 0.717) is 36.9 Å². The average molecular weight is 398 g/mol. The van der Waals surface area contributed by atoms with Crippen molar-refractivity contribution in [3.63, 3.8) is 0 Å². The molecule has 1 atom stereocenters. The highest BCUT2D eigenvalue weighted by atomic mass is 32.2. The average Bonchev–Trinajstić information content (AvgIpc) is 3.04. The van der Waals surface area contributed by atoms with Gasteiger partial charge in [-0.05, 0) is 19.1 Å². The largest absolute Gasteiger partial charge is 0.384 e. The number of hydrogen-bond acceptors (Lipinski definition) is 8. The van der Waals surface area contributed by atoms with E-state index in [1.165, 1.54) is 12.1 Å². The van der Waals surface area contributed by atoms with Gasteiger partial charge in [0.05, 0.1) is 24.1 Å². The van der Waals surface area contributed by atoms with E-state index >= 15 is 0 Å². The standard InChI is InChI=1S/C18H18N6O3S/c1-11-21-14-15(18(22-11)24-7-8-27-12(9-19)10-24)23-17(20)16(14)28(25,26)13-5-3-2-4-6-13/h2-6,12,23H,7-8,10,20H2,1H3. The van der Waals surface area contributed by atoms with Gasteiger partial charge in [-0.15, -0.1) is 0 Å². The van der Waals surface area contributed by atoms with Crippen LogP contribution >= 0.6 is 0 Å². The molecule has 1 aliphatic heterocycles. The lowest BCUT2D eigenvalue weighted by Crippen LogP contribution is -2.42. The summed E-state index contributed by atoms with van der Waals surface area (Å²) in [5.74, 6) is 0.920. The van der Waals surface area contributed by atoms with Crippen molar-refractivity contribution in [1.82, 2.24) is 15.0 Å². The van der Waals surface area contributed by atoms with E-state index in [2.05, 4.69) is 21.0 Å². The fourth-order valence-corrected chi connectivity index (χ4v) is 4.79. The van der Waals surface area contributed by atoms with Gasteiger partial charge in [0.15, 0.2) is 11.9 Å². The fourth-order valence-electron chi connectivity index (χ4n) is 3.29. The van der Waals surface area contributed by atoms with Crippen LogP contribution in [-0.2, 0) is 14.6 Å². The van der Waals surface area contributed by atoms with E-state index < -0.39 is 15.9 Å². The predicted octanol–water partition coefficient (Wildman–Crippen LogP) is 1.41. The minimum absolute atomic E-state index is 0.00472. The minimum atomic E-state index is -3.87. The Morgan fingerprint density at radius 2 is 2.07 bits per heavy atom. The molecule has 0 spiro atoms. The second kappa shape index (κ2) is 6.78. The van der Waals surface area contributed by atoms with Gasteiger partial charge in [-0.1, -0.05) is 18.2 Å². The Labute approximate surface area is 161 Å². The SMILES string of the molecule is Cc1nc(N2CCOC(C#N)C2)c2[nH]c(N)c(S(=O)(=O)c3ccccc3)c2n1. The van der Waals surface area contributed by atoms with Crippen molar-refractivity contribution >= 4 is 32.5 Å². The van der Waals surface area contributed by atoms with Gasteiger partial charge in [-0.25, -0.2) is 18.4 Å². The molecule has 1 aromatic carbocycles. The van der Waals surface area contributed by atoms with Gasteiger partial charge in [-0.3, -0.25) is 0 Å². The van der Waals surface area contributed by atoms with Gasteiger partial charge < -0.3 is 20.4 Å². The van der Waals surface area contributed by atoms with Gasteiger partial charge in [0, 0.05) is 6.54 Å². The predicted molar refractivity (Wildman–Crippen MR) is 102 cm³/mol. The molecule has 0 aliphatic carbocycles. The van der Waals surface area contributed by atoms with Gasteiger partial charge in [0.2, 0.25) is 9.84 Å². The number of nitrogen functional groups attached to an aromatic ring is 1. The smallest absolute Gasteiger partial charge is 0.212 e. The molecule has 1 saturated heterocycles. The molecule has 0 saturated carbocycles. The topological polar surface area (TPSA) is 138 Å². The van der Waals surface area contributed by atoms with E-state index in [0.717, 1.165) is 0 Å². The zero-order chi connectivity index (χ0) is 19.9. The first-order valence-electron chi connectivity index (χ1n) is 8.64. The first-order valence-corrected chi connectivity index (χ1v) is 10.1. The highest BCUT2D eigenvalue weighted by molar-refractivity contribution is 7.92. The van der Waals surface area contributed by atoms with Crippen LogP contribution in [-0.4, -0.2) is 49.2 Å². The maximum Gasteiger partial charge on any atom is 0.212 e. The number of hydrogen-bond donors (Lipinski definition) is 2. The van der Waals surface area contributed by atoms with Crippen LogP contribution in [0.25, 0.3) is 11.0 Å². The summed E-state index contributed by atoms with van der Waals surface area (Å²) >= 11 is 0. The van der Waals surface area contributed by atoms with Crippen LogP contribution in [0, 0.1) is 18.3 Å². The molecule has 3 heterocycles. The molecule has 3 aromatic rings. The van der Waals surface area contributed by atoms with Crippen LogP contribution in [0.2, 0.25) is 0 Å². The van der Waals surface area contributed by atoms with Crippen molar-refractivity contribution in [2.75, 3.05) is 30.3 Å². The molecule has 0 amide bonds. The van der Waals surface area contributed by atoms with Gasteiger partial charge >= 0.3 is 0 Å². The molecule has 28 heavy (non-hydrogen) atoms. The quantitative estimate of drug-likeness (QED) is 0.675. The maximum absolute atomic E-state index is 13.2. The molecule has 1 fully saturated rings. The lowest BCUT2D eigenvalue weighted by Gasteiger charge is -2.30. The number of morpholine rings is 1. The van der Waals surface area contributed by atoms with Crippen LogP contribution in [0.15, 0.2) is 40.1 Å². The van der Waals surface area contributed by atoms with E-state index in [1.807, 2.05) is 4.90 Å². The maximum atomic E-state index is 13.2. The minimum Gasteiger partial charge on any atom is -0.384 e. The first-order chi connectivity index (χ1) is 13.4. The first kappa shape index (κ1) is 18.2. The normalized spacial score (nSPS) is 17.6. The van der Waals surface area contributed by atoms with E-state index in [1.54, 1.807) is 25.1 Å². The lowest BCUT2D eigenvalue weighted by atomic mass is 10.2. The highest BCUT2D eigenvalue weighted by Gasteiger charge is 2.30. The number of benzene rings is 1. The number of aryl methyl sites for hydroxylation is 1. The summed E-state index contributed by atoms with van der Waals surface area (Å²) in [5.41, 5.74) is 6.75. The highest BCUT2D eigenvalue weighted by Crippen LogP contribution is 2.36. The van der Waals surface area contributed by atoms with Crippen molar-refractivity contribution in [2.24, 2.45) is 0 Å². The molecule has 9 nitrogen and oxygen atoms in total. The number of fused-ring (bicyclic) bond motifs is 1. The van der Waals surface area contributed by atoms with Gasteiger partial charge in [0.1, 0.15) is 27.6 Å². The number of nitrogens with one attached hydrogen (secondary N) is 1. The molecule has 0 bridgehead atoms. The van der Waals surface area contributed by atoms with Crippen LogP contribution in [0.1, 0.15) is 5.82 Å². The monoisotopic (exact) mass is 398 g/mol. The van der Waals surface area contributed by atoms with Crippen molar-refractivity contribution in [3.8, 4) is 6.07 Å². The Hall–Kier alpha value is -3.16. The third-order valence-electron chi connectivity index (χ3n) is 4.55. The summed E-state index contributed by atoms with van der Waals surface area (Å²) < 4.78 is 31.8. The summed E-state index contributed by atoms with van der Waals surface area (Å²) in [6.45, 7) is 2.90. The molecular formula is C18H18N6O3S. The van der Waals surface area contributed by atoms with Crippen LogP contribution in [0.3, 0.4) is 0 Å². The Morgan fingerprint density at radius 1 is 1.32 bits per heavy atom. The van der Waals surface area contributed by atoms with Crippen molar-refractivity contribution < 1.29 is 13.2 Å². The number of aromatic nitrogens is 3. The number of ether oxygens (including phenoxy) is 1. The van der Waals surface area contributed by atoms with Gasteiger partial charge in [0.25, 0.3) is 0 Å². The number of sulfone groups is 1. The van der Waals surface area contributed by atoms with Crippen LogP contribution < -0.4 is 10.6 Å². The summed E-state index contributed by atoms with van der Waals surface area (Å²) in [6.07, 6.45) is -0.584. The third kappa shape index (κ3) is 2.94. The zero-order valence-electron chi connectivity index (χ0n) is 15.1. The third-order valence-corrected chi connectivity index (χ3v) is 6.40. The molecule has 2 aromatic heterocycles. The van der Waals surface area contributed by atoms with Gasteiger partial charge in [-0.2, -0.15) is 5.26 Å². The Bertz CT molecular complexity index is 1180. The van der Waals surface area contributed by atoms with Crippen molar-refractivity contribution in [1.29, 1.82) is 5.26 Å². The second-order valence-corrected chi connectivity index (χ2v) is 8.32. The molecule has 0 radical (unpaired) electrons. The van der Waals surface area contributed by atoms with Crippen LogP contribution in [0.4, 0.5) is 11.6 Å². The molecule has 1 aliphatic rings. The lowest BCUT2D eigenvalue weighted by molar-refractivity contribution is 0.0762. The molecule has 144 valence electrons. The number of nitrogens with zero attached hydrogens (tertiary/aromatic N) is 4. The van der Waals surface area contributed by atoms with E-state index in [9.17, 15) is 8.42 Å². The Balaban J connectivity index is 1.91. The number of aromatic amines is 1. The second-order valence-electron chi connectivity index (χ2n) is 6.44. The Morgan fingerprint density at radius 3 is 2.79 bits per heavy atom. The zero-order valence-corrected chi connectivity index (χ0v) is 15.9. The summed E-state index contributed by atoms with van der Waals surface area (Å²) in [5, 5.41) is 9.16. The number of nitriles is 1. The summed E-state index contributed by atoms with van der Waals surface area (Å²) in [4.78, 5) is 13.7. The fraction of sp³-hybridized carbons (Fsp3) is 0.278. The van der Waals surface area contributed by atoms with E-state index in [-0.39, 0.29) is 21.1 Å². The molecule has 3 N–H and O–H groups in total. The van der Waals surface area contributed by atoms with Crippen LogP contribution in [0.5, 0.6) is 0 Å². The molecular weight excluding hydrogens is 380 g/mol. The summed E-state index contributed by atoms with van der Waals surface area (Å²) in [7, 11) is -3.87. The number of anilines is 2. The molecule has 4 rings (SSSR count). The van der Waals surface area contributed by atoms with Crippen molar-refractivity contribution in [2.45, 2.75) is 22.8 Å². The summed E-state index contributed by atoms with van der Waals surface area (Å²) in [6, 6.07) is 10.2. The Kier molecular flexibility index (Phi) is 4.41.